The number of carboxylic acids is 2. The minimum Gasteiger partial charge on any atom is -0.481 e. The van der Waals surface area contributed by atoms with Crippen molar-refractivity contribution in [2.24, 2.45) is 11.5 Å². The van der Waals surface area contributed by atoms with Gasteiger partial charge in [0.15, 0.2) is 0 Å². The number of carbonyl (C=O) groups excluding carboxylic acids is 4. The van der Waals surface area contributed by atoms with Crippen LogP contribution >= 0.6 is 12.6 Å². The highest BCUT2D eigenvalue weighted by atomic mass is 32.1. The molecule has 15 nitrogen and oxygen atoms in total. The second-order valence-electron chi connectivity index (χ2n) is 6.86. The van der Waals surface area contributed by atoms with Gasteiger partial charge in [-0.05, 0) is 0 Å². The number of nitrogens with one attached hydrogen (secondary N) is 4. The Hall–Kier alpha value is -3.66. The lowest BCUT2D eigenvalue weighted by molar-refractivity contribution is -0.144. The highest BCUT2D eigenvalue weighted by Gasteiger charge is 2.32. The average Bonchev–Trinajstić information content (AvgIpc) is 3.23. The molecule has 0 aliphatic carbocycles. The van der Waals surface area contributed by atoms with Gasteiger partial charge in [0, 0.05) is 24.1 Å². The zero-order valence-corrected chi connectivity index (χ0v) is 18.1. The van der Waals surface area contributed by atoms with Gasteiger partial charge >= 0.3 is 11.9 Å². The summed E-state index contributed by atoms with van der Waals surface area (Å²) < 4.78 is 0. The number of imidazole rings is 1. The molecule has 1 heterocycles. The number of aromatic nitrogens is 2. The topological polar surface area (TPSA) is 260 Å². The normalized spacial score (nSPS) is 14.2. The van der Waals surface area contributed by atoms with Crippen LogP contribution in [0.4, 0.5) is 0 Å². The quantitative estimate of drug-likeness (QED) is 0.115. The van der Waals surface area contributed by atoms with E-state index in [0.717, 1.165) is 0 Å². The molecular formula is C17H25N7O8S. The number of rotatable bonds is 14. The first kappa shape index (κ1) is 27.4. The van der Waals surface area contributed by atoms with Crippen molar-refractivity contribution in [2.45, 2.75) is 43.4 Å². The smallest absolute Gasteiger partial charge is 0.326 e. The Balaban J connectivity index is 3.05. The molecule has 1 rings (SSSR count). The first-order valence-electron chi connectivity index (χ1n) is 9.42. The van der Waals surface area contributed by atoms with Crippen molar-refractivity contribution in [3.8, 4) is 0 Å². The van der Waals surface area contributed by atoms with Crippen LogP contribution in [0.15, 0.2) is 12.5 Å². The Kier molecular flexibility index (Phi) is 10.8. The molecule has 0 aliphatic rings. The fourth-order valence-electron chi connectivity index (χ4n) is 2.52. The predicted molar refractivity (Wildman–Crippen MR) is 114 cm³/mol. The molecular weight excluding hydrogens is 462 g/mol. The molecule has 182 valence electrons. The summed E-state index contributed by atoms with van der Waals surface area (Å²) in [5.41, 5.74) is 11.0. The van der Waals surface area contributed by atoms with Gasteiger partial charge in [0.05, 0.1) is 25.2 Å². The molecule has 16 heteroatoms. The van der Waals surface area contributed by atoms with E-state index >= 15 is 0 Å². The SMILES string of the molecule is NC(=O)CC(NC(=O)C(CC(=O)O)NC(=O)C(Cc1cnc[nH]1)NC(=O)C(N)CS)C(=O)O. The van der Waals surface area contributed by atoms with Crippen LogP contribution in [-0.2, 0) is 35.2 Å². The Bertz CT molecular complexity index is 879. The molecule has 0 aliphatic heterocycles. The van der Waals surface area contributed by atoms with Crippen LogP contribution in [0.25, 0.3) is 0 Å². The maximum Gasteiger partial charge on any atom is 0.326 e. The van der Waals surface area contributed by atoms with Crippen molar-refractivity contribution >= 4 is 48.2 Å². The minimum absolute atomic E-state index is 0.0231. The number of aliphatic carboxylic acids is 2. The average molecular weight is 487 g/mol. The van der Waals surface area contributed by atoms with E-state index in [9.17, 15) is 28.8 Å². The van der Waals surface area contributed by atoms with Gasteiger partial charge in [-0.25, -0.2) is 9.78 Å². The lowest BCUT2D eigenvalue weighted by atomic mass is 10.1. The van der Waals surface area contributed by atoms with Crippen molar-refractivity contribution in [3.05, 3.63) is 18.2 Å². The Morgan fingerprint density at radius 3 is 2.03 bits per heavy atom. The minimum atomic E-state index is -1.74. The van der Waals surface area contributed by atoms with Gasteiger partial charge in [-0.1, -0.05) is 0 Å². The number of carbonyl (C=O) groups is 6. The number of amides is 4. The summed E-state index contributed by atoms with van der Waals surface area (Å²) in [5, 5.41) is 24.7. The number of aromatic amines is 1. The van der Waals surface area contributed by atoms with E-state index in [1.807, 2.05) is 5.32 Å². The number of thiol groups is 1. The maximum absolute atomic E-state index is 12.8. The standard InChI is InChI=1S/C17H25N7O8S/c18-8(5-33)14(28)22-9(1-7-4-20-6-21-7)15(29)23-10(3-13(26)27)16(30)24-11(17(31)32)2-12(19)25/h4,6,8-11,33H,1-3,5,18H2,(H2,19,25)(H,20,21)(H,22,28)(H,23,29)(H,24,30)(H,26,27)(H,31,32). The highest BCUT2D eigenvalue weighted by Crippen LogP contribution is 2.03. The number of carboxylic acid groups (broad SMARTS) is 2. The molecule has 0 aromatic carbocycles. The van der Waals surface area contributed by atoms with Gasteiger partial charge in [-0.15, -0.1) is 0 Å². The molecule has 4 amide bonds. The van der Waals surface area contributed by atoms with E-state index in [0.29, 0.717) is 5.69 Å². The number of hydrogen-bond donors (Lipinski definition) is 9. The predicted octanol–water partition coefficient (Wildman–Crippen LogP) is -3.90. The zero-order chi connectivity index (χ0) is 25.1. The Morgan fingerprint density at radius 1 is 0.970 bits per heavy atom. The first-order chi connectivity index (χ1) is 15.4. The van der Waals surface area contributed by atoms with Gasteiger partial charge in [0.1, 0.15) is 18.1 Å². The maximum atomic E-state index is 12.8. The molecule has 0 radical (unpaired) electrons. The summed E-state index contributed by atoms with van der Waals surface area (Å²) in [4.78, 5) is 77.5. The van der Waals surface area contributed by atoms with Crippen molar-refractivity contribution in [1.29, 1.82) is 0 Å². The molecule has 0 fully saturated rings. The van der Waals surface area contributed by atoms with Crippen LogP contribution in [0.2, 0.25) is 0 Å². The van der Waals surface area contributed by atoms with Crippen LogP contribution < -0.4 is 27.4 Å². The van der Waals surface area contributed by atoms with Crippen LogP contribution in [0.1, 0.15) is 18.5 Å². The largest absolute Gasteiger partial charge is 0.481 e. The molecule has 33 heavy (non-hydrogen) atoms. The van der Waals surface area contributed by atoms with Crippen LogP contribution in [0, 0.1) is 0 Å². The first-order valence-corrected chi connectivity index (χ1v) is 10.1. The van der Waals surface area contributed by atoms with Crippen LogP contribution in [-0.4, -0.2) is 85.7 Å². The molecule has 1 aromatic heterocycles. The fourth-order valence-corrected chi connectivity index (χ4v) is 2.68. The second kappa shape index (κ2) is 13.0. The van der Waals surface area contributed by atoms with E-state index < -0.39 is 72.6 Å². The molecule has 0 bridgehead atoms. The molecule has 0 saturated heterocycles. The number of hydrogen-bond acceptors (Lipinski definition) is 9. The number of nitrogens with two attached hydrogens (primary N) is 2. The van der Waals surface area contributed by atoms with Gasteiger partial charge in [-0.2, -0.15) is 12.6 Å². The third-order valence-electron chi connectivity index (χ3n) is 4.18. The van der Waals surface area contributed by atoms with E-state index in [1.165, 1.54) is 12.5 Å². The molecule has 10 N–H and O–H groups in total. The monoisotopic (exact) mass is 487 g/mol. The molecule has 4 atom stereocenters. The van der Waals surface area contributed by atoms with Crippen molar-refractivity contribution in [1.82, 2.24) is 25.9 Å². The van der Waals surface area contributed by atoms with E-state index in [-0.39, 0.29) is 12.2 Å². The van der Waals surface area contributed by atoms with E-state index in [1.54, 1.807) is 0 Å². The number of H-pyrrole nitrogens is 1. The third-order valence-corrected chi connectivity index (χ3v) is 4.57. The van der Waals surface area contributed by atoms with Gasteiger partial charge in [-0.3, -0.25) is 24.0 Å². The summed E-state index contributed by atoms with van der Waals surface area (Å²) >= 11 is 3.91. The van der Waals surface area contributed by atoms with E-state index in [2.05, 4.69) is 33.2 Å². The van der Waals surface area contributed by atoms with Gasteiger partial charge in [0.25, 0.3) is 0 Å². The molecule has 0 saturated carbocycles. The number of nitrogens with zero attached hydrogens (tertiary/aromatic N) is 1. The Labute approximate surface area is 192 Å². The summed E-state index contributed by atoms with van der Waals surface area (Å²) in [6, 6.07) is -5.82. The molecule has 0 spiro atoms. The fraction of sp³-hybridized carbons (Fsp3) is 0.471. The van der Waals surface area contributed by atoms with Crippen molar-refractivity contribution in [2.75, 3.05) is 5.75 Å². The van der Waals surface area contributed by atoms with Crippen LogP contribution in [0.5, 0.6) is 0 Å². The highest BCUT2D eigenvalue weighted by molar-refractivity contribution is 7.80. The summed E-state index contributed by atoms with van der Waals surface area (Å²) in [7, 11) is 0. The van der Waals surface area contributed by atoms with Gasteiger partial charge in [0.2, 0.25) is 23.6 Å². The summed E-state index contributed by atoms with van der Waals surface area (Å²) in [6.45, 7) is 0. The lowest BCUT2D eigenvalue weighted by Gasteiger charge is -2.24. The second-order valence-corrected chi connectivity index (χ2v) is 7.23. The number of primary amides is 1. The molecule has 1 aromatic rings. The van der Waals surface area contributed by atoms with Crippen molar-refractivity contribution < 1.29 is 39.0 Å². The lowest BCUT2D eigenvalue weighted by Crippen LogP contribution is -2.58. The van der Waals surface area contributed by atoms with Crippen molar-refractivity contribution in [3.63, 3.8) is 0 Å². The Morgan fingerprint density at radius 2 is 1.55 bits per heavy atom. The van der Waals surface area contributed by atoms with Crippen LogP contribution in [0.3, 0.4) is 0 Å². The third kappa shape index (κ3) is 9.56. The zero-order valence-electron chi connectivity index (χ0n) is 17.2. The van der Waals surface area contributed by atoms with Gasteiger partial charge < -0.3 is 42.6 Å². The van der Waals surface area contributed by atoms with E-state index in [4.69, 9.17) is 21.7 Å². The molecule has 4 unspecified atom stereocenters. The summed E-state index contributed by atoms with van der Waals surface area (Å²) in [5.74, 6) is -6.98. The summed E-state index contributed by atoms with van der Waals surface area (Å²) in [6.07, 6.45) is 0.929.